The highest BCUT2D eigenvalue weighted by atomic mass is 79.9. The highest BCUT2D eigenvalue weighted by molar-refractivity contribution is 8.76. The summed E-state index contributed by atoms with van der Waals surface area (Å²) in [7, 11) is 18.2. The van der Waals surface area contributed by atoms with E-state index in [-0.39, 0.29) is 34.0 Å². The fourth-order valence-electron chi connectivity index (χ4n) is 5.94. The van der Waals surface area contributed by atoms with Gasteiger partial charge in [-0.2, -0.15) is 9.13 Å². The van der Waals surface area contributed by atoms with Crippen LogP contribution in [0.5, 0.6) is 0 Å². The molecule has 2 aromatic carbocycles. The van der Waals surface area contributed by atoms with Crippen molar-refractivity contribution in [3.8, 4) is 0 Å². The Morgan fingerprint density at radius 3 is 1.28 bits per heavy atom. The van der Waals surface area contributed by atoms with Crippen LogP contribution in [0.2, 0.25) is 0 Å². The van der Waals surface area contributed by atoms with Crippen LogP contribution in [-0.4, -0.2) is 123 Å². The largest absolute Gasteiger partial charge is 1.00 e. The van der Waals surface area contributed by atoms with Gasteiger partial charge >= 0.3 is 0 Å². The predicted molar refractivity (Wildman–Crippen MR) is 247 cm³/mol. The molecule has 0 saturated heterocycles. The highest BCUT2D eigenvalue weighted by Crippen LogP contribution is 2.21. The minimum Gasteiger partial charge on any atom is -1.00 e. The van der Waals surface area contributed by atoms with Crippen molar-refractivity contribution in [1.82, 2.24) is 0 Å². The Hall–Kier alpha value is -2.73. The van der Waals surface area contributed by atoms with Gasteiger partial charge in [0.15, 0.2) is 25.5 Å². The third-order valence-corrected chi connectivity index (χ3v) is 12.0. The molecule has 2 aromatic heterocycles. The number of quaternary nitrogens is 2. The maximum absolute atomic E-state index is 9.22. The van der Waals surface area contributed by atoms with Crippen LogP contribution < -0.4 is 52.9 Å². The average Bonchev–Trinajstić information content (AvgIpc) is 3.17. The molecule has 0 spiro atoms. The van der Waals surface area contributed by atoms with E-state index in [1.807, 2.05) is 21.6 Å². The summed E-state index contributed by atoms with van der Waals surface area (Å²) in [6, 6.07) is 30.7. The summed E-state index contributed by atoms with van der Waals surface area (Å²) in [5.41, 5.74) is 7.43. The lowest BCUT2D eigenvalue weighted by atomic mass is 10.1. The standard InChI is InChI=1S/C44H64N6S2.CH4O4S.2BrH/c1-45(29-13-35-49(3,4)5)41-23-17-39(18-24-41)21-27-43-15-9-11-31-47(43)33-37-51-52-38-34-48-32-12-10-16-44(48)28-22-40-19-25-42(26-20-40)46(2)30-14-36-50(6,7)8;1-5-6(2,3)4;;/h9-12,15-28,31-32H,13-14,29-30,33-38H2,1-8H3;1H3,(H,2,3,4);2*1H/q+4;;;/p-3. The summed E-state index contributed by atoms with van der Waals surface area (Å²) in [4.78, 5) is 4.71. The van der Waals surface area contributed by atoms with Crippen molar-refractivity contribution in [2.45, 2.75) is 25.9 Å². The van der Waals surface area contributed by atoms with E-state index in [0.29, 0.717) is 0 Å². The lowest BCUT2D eigenvalue weighted by Crippen LogP contribution is -3.00. The fourth-order valence-corrected chi connectivity index (χ4v) is 7.88. The smallest absolute Gasteiger partial charge is 0.217 e. The van der Waals surface area contributed by atoms with Crippen LogP contribution in [-0.2, 0) is 27.7 Å². The molecule has 0 unspecified atom stereocenters. The Labute approximate surface area is 391 Å². The number of pyridine rings is 2. The quantitative estimate of drug-likeness (QED) is 0.0287. The molecular weight excluding hydrogens is 945 g/mol. The van der Waals surface area contributed by atoms with Gasteiger partial charge in [0.2, 0.25) is 21.8 Å². The summed E-state index contributed by atoms with van der Waals surface area (Å²) in [6.45, 7) is 6.45. The number of aryl methyl sites for hydroxylation is 2. The van der Waals surface area contributed by atoms with Crippen LogP contribution in [0, 0.1) is 0 Å². The zero-order valence-corrected chi connectivity index (χ0v) is 42.5. The molecule has 4 rings (SSSR count). The molecule has 0 amide bonds. The lowest BCUT2D eigenvalue weighted by molar-refractivity contribution is -0.870. The maximum atomic E-state index is 9.22. The molecule has 4 aromatic rings. The molecule has 0 aliphatic carbocycles. The van der Waals surface area contributed by atoms with Gasteiger partial charge < -0.3 is 57.3 Å². The van der Waals surface area contributed by atoms with Crippen molar-refractivity contribution in [3.63, 3.8) is 0 Å². The predicted octanol–water partition coefficient (Wildman–Crippen LogP) is 0.850. The Kier molecular flexibility index (Phi) is 25.9. The van der Waals surface area contributed by atoms with Gasteiger partial charge in [-0.25, -0.2) is 8.42 Å². The molecule has 2 heterocycles. The fraction of sp³-hybridized carbons (Fsp3) is 0.422. The van der Waals surface area contributed by atoms with Gasteiger partial charge in [-0.05, 0) is 59.7 Å². The monoisotopic (exact) mass is 1010 g/mol. The molecule has 0 aliphatic rings. The lowest BCUT2D eigenvalue weighted by Gasteiger charge is -2.26. The maximum Gasteiger partial charge on any atom is 0.217 e. The molecule has 0 aliphatic heterocycles. The average molecular weight is 1010 g/mol. The van der Waals surface area contributed by atoms with Crippen LogP contribution in [0.3, 0.4) is 0 Å². The van der Waals surface area contributed by atoms with Crippen LogP contribution in [0.1, 0.15) is 35.4 Å². The first-order valence-electron chi connectivity index (χ1n) is 19.7. The van der Waals surface area contributed by atoms with Crippen molar-refractivity contribution in [2.24, 2.45) is 0 Å². The third kappa shape index (κ3) is 23.5. The molecule has 15 heteroatoms. The zero-order chi connectivity index (χ0) is 42.6. The number of hydrogen-bond acceptors (Lipinski definition) is 8. The Bertz CT molecular complexity index is 1850. The van der Waals surface area contributed by atoms with Gasteiger partial charge in [0, 0.05) is 87.8 Å². The first kappa shape index (κ1) is 55.3. The van der Waals surface area contributed by atoms with Crippen molar-refractivity contribution in [1.29, 1.82) is 0 Å². The Balaban J connectivity index is 0.00000209. The normalized spacial score (nSPS) is 11.8. The van der Waals surface area contributed by atoms with E-state index in [1.54, 1.807) is 0 Å². The van der Waals surface area contributed by atoms with E-state index in [4.69, 9.17) is 0 Å². The van der Waals surface area contributed by atoms with E-state index in [2.05, 4.69) is 201 Å². The number of nitrogens with zero attached hydrogens (tertiary/aromatic N) is 6. The molecular formula is C45H67Br2N6O4S3+. The minimum atomic E-state index is -4.41. The molecule has 332 valence electrons. The second-order valence-corrected chi connectivity index (χ2v) is 20.1. The molecule has 0 bridgehead atoms. The molecule has 0 fully saturated rings. The number of rotatable bonds is 22. The Morgan fingerprint density at radius 2 is 0.967 bits per heavy atom. The van der Waals surface area contributed by atoms with E-state index in [0.717, 1.165) is 53.8 Å². The van der Waals surface area contributed by atoms with Gasteiger partial charge in [0.1, 0.15) is 0 Å². The molecule has 0 radical (unpaired) electrons. The second-order valence-electron chi connectivity index (χ2n) is 16.3. The van der Waals surface area contributed by atoms with Crippen LogP contribution in [0.25, 0.3) is 24.3 Å². The van der Waals surface area contributed by atoms with E-state index in [1.165, 1.54) is 59.8 Å². The number of hydrogen-bond donors (Lipinski definition) is 0. The van der Waals surface area contributed by atoms with E-state index < -0.39 is 10.4 Å². The van der Waals surface area contributed by atoms with Crippen LogP contribution in [0.4, 0.5) is 11.4 Å². The van der Waals surface area contributed by atoms with Crippen molar-refractivity contribution in [3.05, 3.63) is 120 Å². The second kappa shape index (κ2) is 28.1. The molecule has 10 nitrogen and oxygen atoms in total. The number of aromatic nitrogens is 2. The third-order valence-electron chi connectivity index (χ3n) is 9.28. The topological polar surface area (TPSA) is 80.7 Å². The highest BCUT2D eigenvalue weighted by Gasteiger charge is 2.11. The summed E-state index contributed by atoms with van der Waals surface area (Å²) >= 11 is 0. The van der Waals surface area contributed by atoms with E-state index >= 15 is 0 Å². The summed E-state index contributed by atoms with van der Waals surface area (Å²) < 4.78 is 37.7. The van der Waals surface area contributed by atoms with Gasteiger partial charge in [0.25, 0.3) is 0 Å². The number of halogens is 2. The van der Waals surface area contributed by atoms with Crippen LogP contribution in [0.15, 0.2) is 97.3 Å². The molecule has 60 heavy (non-hydrogen) atoms. The zero-order valence-electron chi connectivity index (χ0n) is 36.9. The number of anilines is 2. The van der Waals surface area contributed by atoms with Gasteiger partial charge in [-0.1, -0.05) is 45.9 Å². The van der Waals surface area contributed by atoms with E-state index in [9.17, 15) is 13.0 Å². The minimum absolute atomic E-state index is 0. The van der Waals surface area contributed by atoms with Crippen molar-refractivity contribution >= 4 is 67.7 Å². The summed E-state index contributed by atoms with van der Waals surface area (Å²) in [6.07, 6.45) is 15.7. The van der Waals surface area contributed by atoms with Gasteiger partial charge in [-0.15, -0.1) is 0 Å². The van der Waals surface area contributed by atoms with Crippen molar-refractivity contribution in [2.75, 3.05) is 111 Å². The first-order valence-corrected chi connectivity index (χ1v) is 23.6. The van der Waals surface area contributed by atoms with Crippen molar-refractivity contribution < 1.29 is 69.2 Å². The SMILES string of the molecule is CN(CCC[N+](C)(C)C)c1ccc(/C=C/c2cccc[n+]2CCSSCC[n+]2ccccc2/C=C/c2ccc(N(C)CCC[N+](C)(C)C)cc2)cc1.COS(=O)(=O)[O-].[Br-].[Br-]. The number of benzene rings is 2. The first-order chi connectivity index (χ1) is 27.4. The van der Waals surface area contributed by atoms with Crippen LogP contribution >= 0.6 is 21.6 Å². The summed E-state index contributed by atoms with van der Waals surface area (Å²) in [5, 5.41) is 0. The molecule has 0 saturated carbocycles. The van der Waals surface area contributed by atoms with Gasteiger partial charge in [0.05, 0.1) is 74.0 Å². The molecule has 0 N–H and O–H groups in total. The Morgan fingerprint density at radius 1 is 0.617 bits per heavy atom. The molecule has 0 atom stereocenters. The van der Waals surface area contributed by atoms with Gasteiger partial charge in [-0.3, -0.25) is 4.18 Å². The summed E-state index contributed by atoms with van der Waals surface area (Å²) in [5.74, 6) is 2.12.